The summed E-state index contributed by atoms with van der Waals surface area (Å²) >= 11 is 0. The van der Waals surface area contributed by atoms with Gasteiger partial charge in [0.05, 0.1) is 0 Å². The minimum atomic E-state index is -0.842. The highest BCUT2D eigenvalue weighted by molar-refractivity contribution is 4.97. The third kappa shape index (κ3) is 2.91. The van der Waals surface area contributed by atoms with Crippen LogP contribution < -0.4 is 0 Å². The maximum Gasteiger partial charge on any atom is 0.106 e. The fourth-order valence-electron chi connectivity index (χ4n) is 4.62. The number of hydrogen-bond acceptors (Lipinski definition) is 0. The van der Waals surface area contributed by atoms with Gasteiger partial charge in [-0.3, -0.25) is 0 Å². The topological polar surface area (TPSA) is 0 Å². The van der Waals surface area contributed by atoms with Crippen molar-refractivity contribution in [2.24, 2.45) is 17.3 Å². The first-order chi connectivity index (χ1) is 8.69. The highest BCUT2D eigenvalue weighted by Gasteiger charge is 2.45. The van der Waals surface area contributed by atoms with Gasteiger partial charge >= 0.3 is 0 Å². The Labute approximate surface area is 113 Å². The van der Waals surface area contributed by atoms with Crippen LogP contribution >= 0.6 is 0 Å². The van der Waals surface area contributed by atoms with Crippen LogP contribution in [0.3, 0.4) is 0 Å². The second kappa shape index (κ2) is 6.39. The largest absolute Gasteiger partial charge is 0.247 e. The Morgan fingerprint density at radius 1 is 1.11 bits per heavy atom. The summed E-state index contributed by atoms with van der Waals surface area (Å²) in [6.07, 6.45) is 13.0. The standard InChI is InChI=1S/C17H30F/c1-3-7-15-8-10-16(11-9-15)17(14(2)18)12-5-4-6-13-17/h14-16H,2-13H2,1H3. The van der Waals surface area contributed by atoms with Crippen LogP contribution in [0.1, 0.15) is 77.6 Å². The minimum Gasteiger partial charge on any atom is -0.247 e. The molecule has 0 aliphatic heterocycles. The SMILES string of the molecule is [CH2]C(F)C1(C2CCC(CCC)CC2)CCCCC1. The van der Waals surface area contributed by atoms with Crippen molar-refractivity contribution in [2.75, 3.05) is 0 Å². The lowest BCUT2D eigenvalue weighted by Crippen LogP contribution is -2.42. The van der Waals surface area contributed by atoms with Crippen LogP contribution in [0.5, 0.6) is 0 Å². The summed E-state index contributed by atoms with van der Waals surface area (Å²) in [6.45, 7) is 6.08. The zero-order chi connectivity index (χ0) is 13.0. The van der Waals surface area contributed by atoms with Gasteiger partial charge in [0.2, 0.25) is 0 Å². The van der Waals surface area contributed by atoms with Gasteiger partial charge in [-0.15, -0.1) is 0 Å². The summed E-state index contributed by atoms with van der Waals surface area (Å²) in [6, 6.07) is 0. The lowest BCUT2D eigenvalue weighted by Gasteiger charge is -2.47. The third-order valence-electron chi connectivity index (χ3n) is 5.77. The van der Waals surface area contributed by atoms with E-state index >= 15 is 0 Å². The Kier molecular flexibility index (Phi) is 5.09. The second-order valence-electron chi connectivity index (χ2n) is 6.77. The lowest BCUT2D eigenvalue weighted by atomic mass is 9.58. The van der Waals surface area contributed by atoms with Crippen LogP contribution in [0.15, 0.2) is 0 Å². The first-order valence-corrected chi connectivity index (χ1v) is 8.16. The molecule has 0 saturated heterocycles. The van der Waals surface area contributed by atoms with E-state index in [2.05, 4.69) is 13.8 Å². The molecule has 0 N–H and O–H groups in total. The van der Waals surface area contributed by atoms with E-state index in [-0.39, 0.29) is 5.41 Å². The highest BCUT2D eigenvalue weighted by atomic mass is 19.1. The monoisotopic (exact) mass is 253 g/mol. The fourth-order valence-corrected chi connectivity index (χ4v) is 4.62. The predicted octanol–water partition coefficient (Wildman–Crippen LogP) is 5.72. The van der Waals surface area contributed by atoms with Crippen LogP contribution in [0.4, 0.5) is 4.39 Å². The van der Waals surface area contributed by atoms with Gasteiger partial charge in [0.1, 0.15) is 6.17 Å². The number of hydrogen-bond donors (Lipinski definition) is 0. The smallest absolute Gasteiger partial charge is 0.106 e. The molecule has 1 unspecified atom stereocenters. The van der Waals surface area contributed by atoms with Crippen LogP contribution in [0, 0.1) is 24.2 Å². The van der Waals surface area contributed by atoms with Crippen molar-refractivity contribution in [1.29, 1.82) is 0 Å². The van der Waals surface area contributed by atoms with Crippen molar-refractivity contribution in [3.8, 4) is 0 Å². The van der Waals surface area contributed by atoms with Crippen LogP contribution in [-0.2, 0) is 0 Å². The van der Waals surface area contributed by atoms with Gasteiger partial charge in [-0.2, -0.15) is 0 Å². The van der Waals surface area contributed by atoms with Crippen LogP contribution in [-0.4, -0.2) is 6.17 Å². The zero-order valence-electron chi connectivity index (χ0n) is 12.1. The molecule has 1 atom stereocenters. The molecule has 0 spiro atoms. The van der Waals surface area contributed by atoms with E-state index < -0.39 is 6.17 Å². The van der Waals surface area contributed by atoms with Crippen molar-refractivity contribution in [1.82, 2.24) is 0 Å². The molecule has 0 bridgehead atoms. The molecular formula is C17H30F. The molecule has 105 valence electrons. The van der Waals surface area contributed by atoms with Crippen LogP contribution in [0.25, 0.3) is 0 Å². The maximum atomic E-state index is 14.2. The summed E-state index contributed by atoms with van der Waals surface area (Å²) in [5, 5.41) is 0. The second-order valence-corrected chi connectivity index (χ2v) is 6.77. The van der Waals surface area contributed by atoms with Crippen molar-refractivity contribution in [2.45, 2.75) is 83.7 Å². The predicted molar refractivity (Wildman–Crippen MR) is 76.1 cm³/mol. The molecule has 0 aromatic rings. The minimum absolute atomic E-state index is 0.0462. The van der Waals surface area contributed by atoms with Crippen molar-refractivity contribution < 1.29 is 4.39 Å². The molecule has 0 aromatic carbocycles. The molecule has 2 aliphatic rings. The van der Waals surface area contributed by atoms with Gasteiger partial charge in [-0.1, -0.05) is 51.9 Å². The van der Waals surface area contributed by atoms with Gasteiger partial charge in [0.25, 0.3) is 0 Å². The molecule has 18 heavy (non-hydrogen) atoms. The molecule has 2 fully saturated rings. The average molecular weight is 253 g/mol. The first-order valence-electron chi connectivity index (χ1n) is 8.16. The molecule has 2 aliphatic carbocycles. The summed E-state index contributed by atoms with van der Waals surface area (Å²) in [5.74, 6) is 1.55. The molecule has 0 heterocycles. The van der Waals surface area contributed by atoms with E-state index in [1.54, 1.807) is 0 Å². The Morgan fingerprint density at radius 3 is 2.22 bits per heavy atom. The number of alkyl halides is 1. The summed E-state index contributed by atoms with van der Waals surface area (Å²) in [5.41, 5.74) is -0.0462. The van der Waals surface area contributed by atoms with Crippen molar-refractivity contribution in [3.05, 3.63) is 6.92 Å². The zero-order valence-corrected chi connectivity index (χ0v) is 12.1. The van der Waals surface area contributed by atoms with Crippen molar-refractivity contribution >= 4 is 0 Å². The fraction of sp³-hybridized carbons (Fsp3) is 0.941. The molecule has 2 saturated carbocycles. The maximum absolute atomic E-state index is 14.2. The normalized spacial score (nSPS) is 34.2. The van der Waals surface area contributed by atoms with Gasteiger partial charge in [0.15, 0.2) is 0 Å². The molecular weight excluding hydrogens is 223 g/mol. The third-order valence-corrected chi connectivity index (χ3v) is 5.77. The lowest BCUT2D eigenvalue weighted by molar-refractivity contribution is -0.00312. The molecule has 0 aromatic heterocycles. The highest BCUT2D eigenvalue weighted by Crippen LogP contribution is 2.52. The van der Waals surface area contributed by atoms with Gasteiger partial charge in [0, 0.05) is 5.41 Å². The molecule has 2 rings (SSSR count). The molecule has 1 heteroatoms. The summed E-state index contributed by atoms with van der Waals surface area (Å²) < 4.78 is 14.2. The van der Waals surface area contributed by atoms with E-state index in [1.165, 1.54) is 57.8 Å². The molecule has 0 nitrogen and oxygen atoms in total. The van der Waals surface area contributed by atoms with Gasteiger partial charge in [-0.05, 0) is 44.4 Å². The average Bonchev–Trinajstić information content (AvgIpc) is 2.40. The Bertz CT molecular complexity index is 232. The summed E-state index contributed by atoms with van der Waals surface area (Å²) in [4.78, 5) is 0. The van der Waals surface area contributed by atoms with Gasteiger partial charge < -0.3 is 0 Å². The van der Waals surface area contributed by atoms with Gasteiger partial charge in [-0.25, -0.2) is 4.39 Å². The van der Waals surface area contributed by atoms with E-state index in [1.807, 2.05) is 0 Å². The Hall–Kier alpha value is -0.0700. The Morgan fingerprint density at radius 2 is 1.72 bits per heavy atom. The number of halogens is 1. The van der Waals surface area contributed by atoms with Crippen molar-refractivity contribution in [3.63, 3.8) is 0 Å². The first kappa shape index (κ1) is 14.3. The number of rotatable bonds is 4. The van der Waals surface area contributed by atoms with Crippen LogP contribution in [0.2, 0.25) is 0 Å². The quantitative estimate of drug-likeness (QED) is 0.601. The summed E-state index contributed by atoms with van der Waals surface area (Å²) in [7, 11) is 0. The van der Waals surface area contributed by atoms with E-state index in [0.29, 0.717) is 5.92 Å². The Balaban J connectivity index is 1.96. The van der Waals surface area contributed by atoms with E-state index in [4.69, 9.17) is 0 Å². The molecule has 1 radical (unpaired) electrons. The van der Waals surface area contributed by atoms with E-state index in [9.17, 15) is 4.39 Å². The van der Waals surface area contributed by atoms with E-state index in [0.717, 1.165) is 18.8 Å². The molecule has 0 amide bonds.